The molecule has 0 saturated carbocycles. The third kappa shape index (κ3) is 7.50. The van der Waals surface area contributed by atoms with Crippen LogP contribution >= 0.6 is 0 Å². The van der Waals surface area contributed by atoms with E-state index in [2.05, 4.69) is 11.4 Å². The molecule has 0 saturated heterocycles. The van der Waals surface area contributed by atoms with E-state index < -0.39 is 5.91 Å². The Morgan fingerprint density at radius 3 is 2.30 bits per heavy atom. The van der Waals surface area contributed by atoms with Gasteiger partial charge in [0.05, 0.1) is 18.2 Å². The van der Waals surface area contributed by atoms with Crippen molar-refractivity contribution in [2.24, 2.45) is 0 Å². The van der Waals surface area contributed by atoms with Crippen LogP contribution in [0.4, 0.5) is 5.69 Å². The fourth-order valence-corrected chi connectivity index (χ4v) is 3.80. The molecule has 40 heavy (non-hydrogen) atoms. The Labute approximate surface area is 233 Å². The summed E-state index contributed by atoms with van der Waals surface area (Å²) in [7, 11) is 0. The second-order valence-corrected chi connectivity index (χ2v) is 8.62. The first kappa shape index (κ1) is 27.5. The topological polar surface area (TPSA) is 104 Å². The first-order valence-electron chi connectivity index (χ1n) is 12.7. The summed E-state index contributed by atoms with van der Waals surface area (Å²) in [4.78, 5) is 12.8. The number of rotatable bonds is 11. The fourth-order valence-electron chi connectivity index (χ4n) is 3.80. The first-order valence-corrected chi connectivity index (χ1v) is 12.7. The zero-order valence-corrected chi connectivity index (χ0v) is 22.0. The molecule has 0 aliphatic carbocycles. The molecule has 1 N–H and O–H groups in total. The van der Waals surface area contributed by atoms with Crippen LogP contribution in [0.15, 0.2) is 103 Å². The molecule has 4 rings (SSSR count). The van der Waals surface area contributed by atoms with Crippen LogP contribution in [0.2, 0.25) is 0 Å². The molecule has 1 amide bonds. The molecule has 4 aromatic rings. The predicted octanol–water partition coefficient (Wildman–Crippen LogP) is 6.66. The number of anilines is 1. The van der Waals surface area contributed by atoms with Gasteiger partial charge in [0.2, 0.25) is 0 Å². The third-order valence-electron chi connectivity index (χ3n) is 5.83. The summed E-state index contributed by atoms with van der Waals surface area (Å²) in [5, 5.41) is 21.7. The van der Waals surface area contributed by atoms with E-state index in [1.165, 1.54) is 6.08 Å². The van der Waals surface area contributed by atoms with Crippen LogP contribution in [0, 0.1) is 22.7 Å². The number of benzene rings is 4. The summed E-state index contributed by atoms with van der Waals surface area (Å²) in [5.74, 6) is 1.09. The minimum Gasteiger partial charge on any atom is -0.490 e. The Hall–Kier alpha value is -5.53. The highest BCUT2D eigenvalue weighted by atomic mass is 16.5. The Bertz CT molecular complexity index is 1570. The van der Waals surface area contributed by atoms with Crippen molar-refractivity contribution < 1.29 is 19.0 Å². The summed E-state index contributed by atoms with van der Waals surface area (Å²) in [6.07, 6.45) is 1.49. The fraction of sp³-hybridized carbons (Fsp3) is 0.121. The van der Waals surface area contributed by atoms with E-state index in [-0.39, 0.29) is 12.2 Å². The second kappa shape index (κ2) is 13.9. The van der Waals surface area contributed by atoms with E-state index in [1.807, 2.05) is 55.5 Å². The molecular formula is C33H27N3O4. The van der Waals surface area contributed by atoms with E-state index in [4.69, 9.17) is 14.2 Å². The minimum absolute atomic E-state index is 0.0662. The molecule has 0 aromatic heterocycles. The zero-order chi connectivity index (χ0) is 28.2. The van der Waals surface area contributed by atoms with E-state index in [0.29, 0.717) is 47.3 Å². The SMILES string of the molecule is CCOc1cc(/C=C(\C#N)C(=O)Nc2ccc(OCc3ccccc3)cc2)ccc1OCc1ccccc1C#N. The number of carbonyl (C=O) groups excluding carboxylic acids is 1. The van der Waals surface area contributed by atoms with Crippen molar-refractivity contribution in [1.82, 2.24) is 0 Å². The Balaban J connectivity index is 1.42. The number of amides is 1. The van der Waals surface area contributed by atoms with Gasteiger partial charge in [-0.2, -0.15) is 10.5 Å². The van der Waals surface area contributed by atoms with Gasteiger partial charge < -0.3 is 19.5 Å². The largest absolute Gasteiger partial charge is 0.490 e. The van der Waals surface area contributed by atoms with Gasteiger partial charge in [-0.1, -0.05) is 54.6 Å². The van der Waals surface area contributed by atoms with Crippen molar-refractivity contribution in [2.75, 3.05) is 11.9 Å². The molecule has 0 heterocycles. The summed E-state index contributed by atoms with van der Waals surface area (Å²) in [6.45, 7) is 2.88. The van der Waals surface area contributed by atoms with Gasteiger partial charge in [-0.15, -0.1) is 0 Å². The molecule has 0 spiro atoms. The van der Waals surface area contributed by atoms with Crippen LogP contribution in [0.3, 0.4) is 0 Å². The van der Waals surface area contributed by atoms with Gasteiger partial charge >= 0.3 is 0 Å². The average Bonchev–Trinajstić information content (AvgIpc) is 3.00. The number of nitriles is 2. The van der Waals surface area contributed by atoms with Crippen LogP contribution in [0.25, 0.3) is 6.08 Å². The van der Waals surface area contributed by atoms with Crippen LogP contribution in [0.5, 0.6) is 17.2 Å². The van der Waals surface area contributed by atoms with Crippen molar-refractivity contribution in [3.63, 3.8) is 0 Å². The van der Waals surface area contributed by atoms with Gasteiger partial charge in [-0.25, -0.2) is 0 Å². The monoisotopic (exact) mass is 529 g/mol. The number of nitrogens with zero attached hydrogens (tertiary/aromatic N) is 2. The molecule has 0 radical (unpaired) electrons. The molecule has 0 bridgehead atoms. The molecule has 198 valence electrons. The highest BCUT2D eigenvalue weighted by Crippen LogP contribution is 2.30. The third-order valence-corrected chi connectivity index (χ3v) is 5.83. The molecule has 0 aliphatic heterocycles. The highest BCUT2D eigenvalue weighted by molar-refractivity contribution is 6.09. The molecule has 7 nitrogen and oxygen atoms in total. The highest BCUT2D eigenvalue weighted by Gasteiger charge is 2.12. The Morgan fingerprint density at radius 1 is 0.825 bits per heavy atom. The summed E-state index contributed by atoms with van der Waals surface area (Å²) in [5.41, 5.74) is 3.43. The lowest BCUT2D eigenvalue weighted by Crippen LogP contribution is -2.13. The number of hydrogen-bond donors (Lipinski definition) is 1. The van der Waals surface area contributed by atoms with Crippen molar-refractivity contribution in [3.8, 4) is 29.4 Å². The van der Waals surface area contributed by atoms with Gasteiger partial charge in [-0.3, -0.25) is 4.79 Å². The van der Waals surface area contributed by atoms with Gasteiger partial charge in [0.15, 0.2) is 11.5 Å². The lowest BCUT2D eigenvalue weighted by molar-refractivity contribution is -0.112. The number of ether oxygens (including phenoxy) is 3. The van der Waals surface area contributed by atoms with Crippen LogP contribution in [0.1, 0.15) is 29.2 Å². The van der Waals surface area contributed by atoms with Crippen molar-refractivity contribution in [2.45, 2.75) is 20.1 Å². The average molecular weight is 530 g/mol. The maximum absolute atomic E-state index is 12.8. The van der Waals surface area contributed by atoms with Gasteiger partial charge in [-0.05, 0) is 66.6 Å². The quantitative estimate of drug-likeness (QED) is 0.172. The lowest BCUT2D eigenvalue weighted by atomic mass is 10.1. The van der Waals surface area contributed by atoms with Crippen molar-refractivity contribution in [3.05, 3.63) is 125 Å². The van der Waals surface area contributed by atoms with E-state index in [1.54, 1.807) is 54.6 Å². The van der Waals surface area contributed by atoms with Crippen LogP contribution in [-0.4, -0.2) is 12.5 Å². The normalized spacial score (nSPS) is 10.6. The molecule has 0 aliphatic rings. The molecule has 0 atom stereocenters. The van der Waals surface area contributed by atoms with Crippen molar-refractivity contribution in [1.29, 1.82) is 10.5 Å². The lowest BCUT2D eigenvalue weighted by Gasteiger charge is -2.13. The summed E-state index contributed by atoms with van der Waals surface area (Å²) >= 11 is 0. The number of hydrogen-bond acceptors (Lipinski definition) is 6. The second-order valence-electron chi connectivity index (χ2n) is 8.62. The molecular weight excluding hydrogens is 502 g/mol. The maximum Gasteiger partial charge on any atom is 0.266 e. The van der Waals surface area contributed by atoms with Gasteiger partial charge in [0, 0.05) is 11.3 Å². The Kier molecular flexibility index (Phi) is 9.53. The zero-order valence-electron chi connectivity index (χ0n) is 22.0. The van der Waals surface area contributed by atoms with Crippen LogP contribution < -0.4 is 19.5 Å². The standard InChI is InChI=1S/C33H27N3O4/c1-2-38-32-19-25(12-17-31(32)40-23-27-11-7-6-10-26(27)20-34)18-28(21-35)33(37)36-29-13-15-30(16-14-29)39-22-24-8-4-3-5-9-24/h3-19H,2,22-23H2,1H3,(H,36,37)/b28-18+. The van der Waals surface area contributed by atoms with Gasteiger partial charge in [0.25, 0.3) is 5.91 Å². The summed E-state index contributed by atoms with van der Waals surface area (Å²) < 4.78 is 17.5. The number of nitrogens with one attached hydrogen (secondary N) is 1. The minimum atomic E-state index is -0.535. The molecule has 0 fully saturated rings. The maximum atomic E-state index is 12.8. The molecule has 7 heteroatoms. The smallest absolute Gasteiger partial charge is 0.266 e. The van der Waals surface area contributed by atoms with Gasteiger partial charge in [0.1, 0.15) is 30.6 Å². The van der Waals surface area contributed by atoms with E-state index in [9.17, 15) is 15.3 Å². The summed E-state index contributed by atoms with van der Waals surface area (Å²) in [6, 6.07) is 33.3. The van der Waals surface area contributed by atoms with E-state index in [0.717, 1.165) is 11.1 Å². The number of carbonyl (C=O) groups is 1. The predicted molar refractivity (Wildman–Crippen MR) is 153 cm³/mol. The first-order chi connectivity index (χ1) is 19.6. The molecule has 0 unspecified atom stereocenters. The molecule has 4 aromatic carbocycles. The Morgan fingerprint density at radius 2 is 1.57 bits per heavy atom. The van der Waals surface area contributed by atoms with E-state index >= 15 is 0 Å². The van der Waals surface area contributed by atoms with Crippen LogP contribution in [-0.2, 0) is 18.0 Å². The van der Waals surface area contributed by atoms with Crippen molar-refractivity contribution >= 4 is 17.7 Å².